The number of nitrogens with one attached hydrogen (secondary N) is 1. The molecule has 2 aromatic carbocycles. The molecule has 1 N–H and O–H groups in total. The van der Waals surface area contributed by atoms with Crippen molar-refractivity contribution in [1.82, 2.24) is 4.90 Å². The molecule has 2 atom stereocenters. The molecule has 6 nitrogen and oxygen atoms in total. The SMILES string of the molecule is CCOC(=O)C1=CN(C(=O)Oc2ccccc2)CCC2c3ccc(F)cc3NC12. The van der Waals surface area contributed by atoms with E-state index in [1.165, 1.54) is 23.2 Å². The second-order valence-electron chi connectivity index (χ2n) is 6.93. The van der Waals surface area contributed by atoms with Gasteiger partial charge in [0.25, 0.3) is 0 Å². The van der Waals surface area contributed by atoms with Gasteiger partial charge in [0.1, 0.15) is 11.6 Å². The van der Waals surface area contributed by atoms with Gasteiger partial charge in [-0.25, -0.2) is 14.0 Å². The third-order valence-electron chi connectivity index (χ3n) is 5.13. The average Bonchev–Trinajstić information content (AvgIpc) is 2.94. The summed E-state index contributed by atoms with van der Waals surface area (Å²) < 4.78 is 24.3. The van der Waals surface area contributed by atoms with Crippen LogP contribution < -0.4 is 10.1 Å². The van der Waals surface area contributed by atoms with Crippen LogP contribution in [0.5, 0.6) is 5.75 Å². The molecule has 2 heterocycles. The van der Waals surface area contributed by atoms with Gasteiger partial charge in [-0.15, -0.1) is 0 Å². The first-order valence-corrected chi connectivity index (χ1v) is 9.55. The summed E-state index contributed by atoms with van der Waals surface area (Å²) >= 11 is 0. The van der Waals surface area contributed by atoms with Crippen molar-refractivity contribution in [2.45, 2.75) is 25.3 Å². The van der Waals surface area contributed by atoms with Gasteiger partial charge >= 0.3 is 12.1 Å². The van der Waals surface area contributed by atoms with Crippen molar-refractivity contribution < 1.29 is 23.5 Å². The molecule has 0 fully saturated rings. The van der Waals surface area contributed by atoms with Gasteiger partial charge in [-0.3, -0.25) is 4.90 Å². The second-order valence-corrected chi connectivity index (χ2v) is 6.93. The van der Waals surface area contributed by atoms with Gasteiger partial charge in [-0.2, -0.15) is 0 Å². The highest BCUT2D eigenvalue weighted by atomic mass is 19.1. The lowest BCUT2D eigenvalue weighted by Gasteiger charge is -2.19. The number of carbonyl (C=O) groups excluding carboxylic acids is 2. The molecule has 2 aliphatic rings. The zero-order chi connectivity index (χ0) is 20.4. The highest BCUT2D eigenvalue weighted by Crippen LogP contribution is 2.43. The largest absolute Gasteiger partial charge is 0.463 e. The number of halogens is 1. The molecule has 7 heteroatoms. The number of nitrogens with zero attached hydrogens (tertiary/aromatic N) is 1. The Labute approximate surface area is 167 Å². The van der Waals surface area contributed by atoms with Crippen molar-refractivity contribution in [3.63, 3.8) is 0 Å². The Morgan fingerprint density at radius 3 is 2.76 bits per heavy atom. The third-order valence-corrected chi connectivity index (χ3v) is 5.13. The van der Waals surface area contributed by atoms with Crippen molar-refractivity contribution in [1.29, 1.82) is 0 Å². The van der Waals surface area contributed by atoms with Gasteiger partial charge in [0.2, 0.25) is 0 Å². The fraction of sp³-hybridized carbons (Fsp3) is 0.273. The number of ether oxygens (including phenoxy) is 2. The first kappa shape index (κ1) is 19.0. The van der Waals surface area contributed by atoms with Crippen LogP contribution in [0.3, 0.4) is 0 Å². The van der Waals surface area contributed by atoms with Crippen LogP contribution in [-0.4, -0.2) is 36.2 Å². The molecule has 0 spiro atoms. The molecule has 150 valence electrons. The maximum atomic E-state index is 13.7. The quantitative estimate of drug-likeness (QED) is 0.793. The number of amides is 1. The molecule has 0 saturated heterocycles. The van der Waals surface area contributed by atoms with Crippen LogP contribution in [0.4, 0.5) is 14.9 Å². The lowest BCUT2D eigenvalue weighted by atomic mass is 9.89. The monoisotopic (exact) mass is 396 g/mol. The van der Waals surface area contributed by atoms with Crippen LogP contribution in [0.25, 0.3) is 0 Å². The minimum Gasteiger partial charge on any atom is -0.463 e. The normalized spacial score (nSPS) is 19.9. The molecule has 4 rings (SSSR count). The summed E-state index contributed by atoms with van der Waals surface area (Å²) in [5.74, 6) is -0.520. The van der Waals surface area contributed by atoms with Crippen molar-refractivity contribution in [3.05, 3.63) is 71.7 Å². The molecule has 1 amide bonds. The Morgan fingerprint density at radius 2 is 2.00 bits per heavy atom. The van der Waals surface area contributed by atoms with E-state index in [1.54, 1.807) is 37.3 Å². The summed E-state index contributed by atoms with van der Waals surface area (Å²) in [7, 11) is 0. The Morgan fingerprint density at radius 1 is 1.21 bits per heavy atom. The third kappa shape index (κ3) is 3.81. The minimum absolute atomic E-state index is 0.0872. The number of esters is 1. The predicted octanol–water partition coefficient (Wildman–Crippen LogP) is 4.06. The van der Waals surface area contributed by atoms with E-state index in [0.717, 1.165) is 5.56 Å². The molecule has 0 aromatic heterocycles. The molecular weight excluding hydrogens is 375 g/mol. The summed E-state index contributed by atoms with van der Waals surface area (Å²) in [4.78, 5) is 26.7. The van der Waals surface area contributed by atoms with E-state index in [-0.39, 0.29) is 18.3 Å². The van der Waals surface area contributed by atoms with Crippen LogP contribution in [0.1, 0.15) is 24.8 Å². The van der Waals surface area contributed by atoms with E-state index in [4.69, 9.17) is 9.47 Å². The van der Waals surface area contributed by atoms with Crippen molar-refractivity contribution in [2.24, 2.45) is 0 Å². The number of carbonyl (C=O) groups is 2. The molecule has 0 radical (unpaired) electrons. The summed E-state index contributed by atoms with van der Waals surface area (Å²) in [5.41, 5.74) is 1.90. The first-order valence-electron chi connectivity index (χ1n) is 9.55. The van der Waals surface area contributed by atoms with E-state index >= 15 is 0 Å². The van der Waals surface area contributed by atoms with Crippen LogP contribution >= 0.6 is 0 Å². The number of hydrogen-bond donors (Lipinski definition) is 1. The summed E-state index contributed by atoms with van der Waals surface area (Å²) in [5, 5.41) is 3.23. The molecule has 0 aliphatic carbocycles. The molecule has 0 saturated carbocycles. The first-order chi connectivity index (χ1) is 14.1. The van der Waals surface area contributed by atoms with Gasteiger partial charge in [0, 0.05) is 24.4 Å². The Kier molecular flexibility index (Phi) is 5.20. The zero-order valence-electron chi connectivity index (χ0n) is 15.9. The van der Waals surface area contributed by atoms with Gasteiger partial charge in [0.05, 0.1) is 18.2 Å². The Bertz CT molecular complexity index is 961. The van der Waals surface area contributed by atoms with E-state index in [0.29, 0.717) is 30.0 Å². The van der Waals surface area contributed by atoms with E-state index < -0.39 is 18.1 Å². The molecule has 29 heavy (non-hydrogen) atoms. The highest BCUT2D eigenvalue weighted by Gasteiger charge is 2.40. The number of hydrogen-bond acceptors (Lipinski definition) is 5. The van der Waals surface area contributed by atoms with E-state index in [1.807, 2.05) is 6.07 Å². The summed E-state index contributed by atoms with van der Waals surface area (Å²) in [6.07, 6.45) is 1.50. The number of anilines is 1. The summed E-state index contributed by atoms with van der Waals surface area (Å²) in [6.45, 7) is 2.29. The summed E-state index contributed by atoms with van der Waals surface area (Å²) in [6, 6.07) is 12.9. The topological polar surface area (TPSA) is 67.9 Å². The Balaban J connectivity index is 1.64. The van der Waals surface area contributed by atoms with Crippen molar-refractivity contribution in [2.75, 3.05) is 18.5 Å². The maximum absolute atomic E-state index is 13.7. The molecule has 2 unspecified atom stereocenters. The molecular formula is C22H21FN2O4. The Hall–Kier alpha value is -3.35. The van der Waals surface area contributed by atoms with E-state index in [9.17, 15) is 14.0 Å². The number of fused-ring (bicyclic) bond motifs is 3. The van der Waals surface area contributed by atoms with Gasteiger partial charge in [-0.1, -0.05) is 24.3 Å². The standard InChI is InChI=1S/C22H21FN2O4/c1-2-28-21(26)18-13-25(22(27)29-15-6-4-3-5-7-15)11-10-17-16-9-8-14(23)12-19(16)24-20(17)18/h3-9,12-13,17,20,24H,2,10-11H2,1H3. The molecule has 0 bridgehead atoms. The van der Waals surface area contributed by atoms with Gasteiger partial charge < -0.3 is 14.8 Å². The smallest absolute Gasteiger partial charge is 0.419 e. The van der Waals surface area contributed by atoms with Crippen LogP contribution in [0.15, 0.2) is 60.3 Å². The number of benzene rings is 2. The molecule has 2 aromatic rings. The lowest BCUT2D eigenvalue weighted by molar-refractivity contribution is -0.138. The maximum Gasteiger partial charge on any atom is 0.419 e. The number of rotatable bonds is 3. The fourth-order valence-electron chi connectivity index (χ4n) is 3.82. The van der Waals surface area contributed by atoms with Crippen molar-refractivity contribution >= 4 is 17.7 Å². The average molecular weight is 396 g/mol. The van der Waals surface area contributed by atoms with Gasteiger partial charge in [-0.05, 0) is 43.2 Å². The second kappa shape index (κ2) is 7.95. The van der Waals surface area contributed by atoms with E-state index in [2.05, 4.69) is 5.32 Å². The van der Waals surface area contributed by atoms with Gasteiger partial charge in [0.15, 0.2) is 0 Å². The van der Waals surface area contributed by atoms with Crippen LogP contribution in [-0.2, 0) is 9.53 Å². The predicted molar refractivity (Wildman–Crippen MR) is 105 cm³/mol. The fourth-order valence-corrected chi connectivity index (χ4v) is 3.82. The lowest BCUT2D eigenvalue weighted by Crippen LogP contribution is -2.31. The number of para-hydroxylation sites is 1. The highest BCUT2D eigenvalue weighted by molar-refractivity contribution is 5.92. The van der Waals surface area contributed by atoms with Crippen molar-refractivity contribution in [3.8, 4) is 5.75 Å². The molecule has 2 aliphatic heterocycles. The zero-order valence-corrected chi connectivity index (χ0v) is 15.9. The minimum atomic E-state index is -0.572. The van der Waals surface area contributed by atoms with Crippen LogP contribution in [0, 0.1) is 5.82 Å². The van der Waals surface area contributed by atoms with Crippen LogP contribution in [0.2, 0.25) is 0 Å².